The molecule has 0 bridgehead atoms. The Morgan fingerprint density at radius 3 is 1.08 bits per heavy atom. The molecule has 0 aromatic rings. The Morgan fingerprint density at radius 1 is 0.393 bits per heavy atom. The molecule has 0 amide bonds. The summed E-state index contributed by atoms with van der Waals surface area (Å²) in [6.07, 6.45) is 73.2. The number of esters is 2. The number of aliphatic hydroxyl groups excluding tert-OH is 1. The lowest BCUT2D eigenvalue weighted by Crippen LogP contribution is -2.28. The first-order valence-electron chi connectivity index (χ1n) is 24.9. The van der Waals surface area contributed by atoms with Crippen LogP contribution in [0.3, 0.4) is 0 Å². The van der Waals surface area contributed by atoms with Crippen molar-refractivity contribution < 1.29 is 24.2 Å². The Kier molecular flexibility index (Phi) is 48.0. The van der Waals surface area contributed by atoms with Gasteiger partial charge in [0.1, 0.15) is 6.61 Å². The second kappa shape index (κ2) is 50.9. The highest BCUT2D eigenvalue weighted by molar-refractivity contribution is 5.70. The van der Waals surface area contributed by atoms with Crippen molar-refractivity contribution in [2.45, 2.75) is 219 Å². The van der Waals surface area contributed by atoms with Crippen molar-refractivity contribution in [2.24, 2.45) is 0 Å². The van der Waals surface area contributed by atoms with Gasteiger partial charge < -0.3 is 14.6 Å². The second-order valence-electron chi connectivity index (χ2n) is 16.2. The predicted octanol–water partition coefficient (Wildman–Crippen LogP) is 16.6. The zero-order valence-corrected chi connectivity index (χ0v) is 39.4. The van der Waals surface area contributed by atoms with Crippen LogP contribution < -0.4 is 0 Å². The number of ether oxygens (including phenoxy) is 2. The summed E-state index contributed by atoms with van der Waals surface area (Å²) in [5.41, 5.74) is 0. The van der Waals surface area contributed by atoms with Gasteiger partial charge in [-0.3, -0.25) is 9.59 Å². The zero-order chi connectivity index (χ0) is 44.2. The fourth-order valence-corrected chi connectivity index (χ4v) is 6.56. The van der Waals surface area contributed by atoms with Gasteiger partial charge in [0.25, 0.3) is 0 Å². The molecule has 0 rings (SSSR count). The van der Waals surface area contributed by atoms with Gasteiger partial charge in [-0.2, -0.15) is 0 Å². The number of aliphatic hydroxyl groups is 1. The van der Waals surface area contributed by atoms with Crippen molar-refractivity contribution in [3.8, 4) is 0 Å². The van der Waals surface area contributed by atoms with Crippen molar-refractivity contribution in [2.75, 3.05) is 13.2 Å². The van der Waals surface area contributed by atoms with Crippen LogP contribution in [0.5, 0.6) is 0 Å². The summed E-state index contributed by atoms with van der Waals surface area (Å²) in [7, 11) is 0. The average molecular weight is 845 g/mol. The predicted molar refractivity (Wildman–Crippen MR) is 265 cm³/mol. The highest BCUT2D eigenvalue weighted by Crippen LogP contribution is 2.13. The molecule has 0 heterocycles. The van der Waals surface area contributed by atoms with E-state index in [0.717, 1.165) is 103 Å². The second-order valence-corrected chi connectivity index (χ2v) is 16.2. The SMILES string of the molecule is CC/C=C\C/C=C\C/C=C\C/C=C\C/C=C\C/C=C\C/C=C\C/C=C\CCCCCCCCCCC(=O)OC(CO)COC(=O)CCCCCCC/C=C\CCCCCCC. The highest BCUT2D eigenvalue weighted by atomic mass is 16.6. The lowest BCUT2D eigenvalue weighted by Gasteiger charge is -2.15. The standard InChI is InChI=1S/C56H92O5/c1-3-5-7-9-11-13-15-17-19-20-21-22-23-24-25-26-27-28-29-30-31-32-33-34-35-36-37-39-41-43-45-47-49-51-56(59)61-54(52-57)53-60-55(58)50-48-46-44-42-40-38-18-16-14-12-10-8-6-4-2/h5,7,11,13,16-19,21-22,24-25,27-28,30-31,33-34,54,57H,3-4,6,8-10,12,14-15,20,23,26,29,32,35-53H2,1-2H3/b7-5-,13-11-,18-16-,19-17-,22-21-,25-24-,28-27-,31-30-,34-33-. The fraction of sp³-hybridized carbons (Fsp3) is 0.643. The van der Waals surface area contributed by atoms with Crippen molar-refractivity contribution in [3.63, 3.8) is 0 Å². The van der Waals surface area contributed by atoms with Crippen LogP contribution in [0.25, 0.3) is 0 Å². The molecule has 0 saturated carbocycles. The van der Waals surface area contributed by atoms with E-state index in [2.05, 4.69) is 123 Å². The maximum Gasteiger partial charge on any atom is 0.306 e. The van der Waals surface area contributed by atoms with Crippen LogP contribution in [0, 0.1) is 0 Å². The zero-order valence-electron chi connectivity index (χ0n) is 39.4. The van der Waals surface area contributed by atoms with Gasteiger partial charge in [0.2, 0.25) is 0 Å². The molecule has 0 fully saturated rings. The van der Waals surface area contributed by atoms with Crippen LogP contribution in [0.15, 0.2) is 109 Å². The number of allylic oxidation sites excluding steroid dienone is 18. The first-order chi connectivity index (χ1) is 30.1. The van der Waals surface area contributed by atoms with E-state index in [4.69, 9.17) is 9.47 Å². The minimum Gasteiger partial charge on any atom is -0.462 e. The van der Waals surface area contributed by atoms with Crippen LogP contribution in [0.1, 0.15) is 213 Å². The summed E-state index contributed by atoms with van der Waals surface area (Å²) in [6, 6.07) is 0. The Labute approximate surface area is 376 Å². The van der Waals surface area contributed by atoms with Crippen LogP contribution >= 0.6 is 0 Å². The summed E-state index contributed by atoms with van der Waals surface area (Å²) in [4.78, 5) is 24.4. The van der Waals surface area contributed by atoms with E-state index in [1.807, 2.05) is 0 Å². The molecule has 346 valence electrons. The normalized spacial score (nSPS) is 13.2. The summed E-state index contributed by atoms with van der Waals surface area (Å²) in [5.74, 6) is -0.616. The minimum atomic E-state index is -0.786. The molecule has 0 saturated heterocycles. The summed E-state index contributed by atoms with van der Waals surface area (Å²) >= 11 is 0. The van der Waals surface area contributed by atoms with Crippen molar-refractivity contribution >= 4 is 11.9 Å². The molecular weight excluding hydrogens is 753 g/mol. The van der Waals surface area contributed by atoms with E-state index in [-0.39, 0.29) is 25.2 Å². The molecule has 1 atom stereocenters. The van der Waals surface area contributed by atoms with E-state index in [0.29, 0.717) is 12.8 Å². The maximum atomic E-state index is 12.3. The van der Waals surface area contributed by atoms with Crippen molar-refractivity contribution in [1.82, 2.24) is 0 Å². The average Bonchev–Trinajstić information content (AvgIpc) is 3.26. The molecule has 0 aliphatic carbocycles. The summed E-state index contributed by atoms with van der Waals surface area (Å²) < 4.78 is 10.6. The number of carbonyl (C=O) groups is 2. The number of hydrogen-bond donors (Lipinski definition) is 1. The monoisotopic (exact) mass is 845 g/mol. The third-order valence-corrected chi connectivity index (χ3v) is 10.3. The van der Waals surface area contributed by atoms with Crippen molar-refractivity contribution in [1.29, 1.82) is 0 Å². The van der Waals surface area contributed by atoms with E-state index in [9.17, 15) is 14.7 Å². The molecule has 0 aliphatic heterocycles. The molecule has 5 heteroatoms. The minimum absolute atomic E-state index is 0.0788. The first kappa shape index (κ1) is 57.6. The van der Waals surface area contributed by atoms with E-state index in [1.165, 1.54) is 83.5 Å². The third kappa shape index (κ3) is 49.1. The van der Waals surface area contributed by atoms with Gasteiger partial charge in [-0.1, -0.05) is 207 Å². The lowest BCUT2D eigenvalue weighted by atomic mass is 10.1. The van der Waals surface area contributed by atoms with Crippen LogP contribution in [0.2, 0.25) is 0 Å². The molecule has 5 nitrogen and oxygen atoms in total. The largest absolute Gasteiger partial charge is 0.462 e. The fourth-order valence-electron chi connectivity index (χ4n) is 6.56. The topological polar surface area (TPSA) is 72.8 Å². The van der Waals surface area contributed by atoms with Gasteiger partial charge in [0.05, 0.1) is 6.61 Å². The summed E-state index contributed by atoms with van der Waals surface area (Å²) in [5, 5.41) is 9.60. The number of carbonyl (C=O) groups excluding carboxylic acids is 2. The summed E-state index contributed by atoms with van der Waals surface area (Å²) in [6.45, 7) is 3.99. The first-order valence-corrected chi connectivity index (χ1v) is 24.9. The van der Waals surface area contributed by atoms with Crippen LogP contribution in [-0.4, -0.2) is 36.4 Å². The molecule has 61 heavy (non-hydrogen) atoms. The Bertz CT molecular complexity index is 1230. The molecule has 0 aromatic heterocycles. The Balaban J connectivity index is 3.61. The lowest BCUT2D eigenvalue weighted by molar-refractivity contribution is -0.161. The van der Waals surface area contributed by atoms with Gasteiger partial charge >= 0.3 is 11.9 Å². The molecule has 0 spiro atoms. The van der Waals surface area contributed by atoms with Crippen molar-refractivity contribution in [3.05, 3.63) is 109 Å². The number of rotatable bonds is 44. The Morgan fingerprint density at radius 2 is 0.705 bits per heavy atom. The molecule has 1 unspecified atom stereocenters. The van der Waals surface area contributed by atoms with Crippen LogP contribution in [-0.2, 0) is 19.1 Å². The molecule has 0 aromatic carbocycles. The van der Waals surface area contributed by atoms with E-state index in [1.54, 1.807) is 0 Å². The highest BCUT2D eigenvalue weighted by Gasteiger charge is 2.16. The Hall–Kier alpha value is -3.44. The molecule has 0 aliphatic rings. The third-order valence-electron chi connectivity index (χ3n) is 10.3. The molecular formula is C56H92O5. The van der Waals surface area contributed by atoms with E-state index >= 15 is 0 Å². The van der Waals surface area contributed by atoms with Crippen LogP contribution in [0.4, 0.5) is 0 Å². The molecule has 1 N–H and O–H groups in total. The van der Waals surface area contributed by atoms with E-state index < -0.39 is 6.10 Å². The van der Waals surface area contributed by atoms with Gasteiger partial charge in [-0.25, -0.2) is 0 Å². The smallest absolute Gasteiger partial charge is 0.306 e. The number of unbranched alkanes of at least 4 members (excludes halogenated alkanes) is 18. The van der Waals surface area contributed by atoms with Gasteiger partial charge in [0.15, 0.2) is 6.10 Å². The molecule has 0 radical (unpaired) electrons. The van der Waals surface area contributed by atoms with Gasteiger partial charge in [0, 0.05) is 12.8 Å². The van der Waals surface area contributed by atoms with Gasteiger partial charge in [-0.15, -0.1) is 0 Å². The quantitative estimate of drug-likeness (QED) is 0.0376. The van der Waals surface area contributed by atoms with Gasteiger partial charge in [-0.05, 0) is 103 Å². The number of hydrogen-bond acceptors (Lipinski definition) is 5. The maximum absolute atomic E-state index is 12.3.